The summed E-state index contributed by atoms with van der Waals surface area (Å²) >= 11 is 0. The maximum atomic E-state index is 11.6. The van der Waals surface area contributed by atoms with Gasteiger partial charge in [-0.25, -0.2) is 4.79 Å². The molecule has 0 amide bonds. The first-order valence-corrected chi connectivity index (χ1v) is 5.59. The number of hydrogen-bond donors (Lipinski definition) is 4. The van der Waals surface area contributed by atoms with Crippen LogP contribution in [0.1, 0.15) is 6.23 Å². The van der Waals surface area contributed by atoms with Crippen molar-refractivity contribution in [1.29, 1.82) is 0 Å². The molecule has 0 radical (unpaired) electrons. The Balaban J connectivity index is 2.19. The van der Waals surface area contributed by atoms with Crippen LogP contribution in [0.2, 0.25) is 0 Å². The van der Waals surface area contributed by atoms with Gasteiger partial charge >= 0.3 is 5.69 Å². The molecule has 2 rings (SSSR count). The van der Waals surface area contributed by atoms with Gasteiger partial charge in [-0.15, -0.1) is 0 Å². The average Bonchev–Trinajstić information content (AvgIpc) is 2.64. The molecule has 0 aliphatic carbocycles. The minimum absolute atomic E-state index is 0.0504. The number of aliphatic hydroxyl groups is 3. The van der Waals surface area contributed by atoms with Gasteiger partial charge in [-0.1, -0.05) is 0 Å². The summed E-state index contributed by atoms with van der Waals surface area (Å²) in [5, 5.41) is 28.2. The largest absolute Gasteiger partial charge is 0.387 e. The molecule has 1 aromatic heterocycles. The van der Waals surface area contributed by atoms with Gasteiger partial charge < -0.3 is 30.5 Å². The zero-order valence-electron chi connectivity index (χ0n) is 9.92. The Kier molecular flexibility index (Phi) is 4.12. The number of aromatic nitrogens is 2. The molecule has 0 spiro atoms. The van der Waals surface area contributed by atoms with E-state index in [1.165, 1.54) is 12.3 Å². The summed E-state index contributed by atoms with van der Waals surface area (Å²) in [6.45, 7) is -0.640. The number of nitrogens with zero attached hydrogens (tertiary/aromatic N) is 2. The maximum Gasteiger partial charge on any atom is 0.351 e. The summed E-state index contributed by atoms with van der Waals surface area (Å²) < 4.78 is 11.1. The maximum absolute atomic E-state index is 11.6. The lowest BCUT2D eigenvalue weighted by Crippen LogP contribution is -2.36. The van der Waals surface area contributed by atoms with Crippen molar-refractivity contribution in [2.75, 3.05) is 19.1 Å². The third-order valence-corrected chi connectivity index (χ3v) is 2.84. The van der Waals surface area contributed by atoms with E-state index in [0.717, 1.165) is 4.57 Å². The lowest BCUT2D eigenvalue weighted by molar-refractivity contribution is -0.0937. The highest BCUT2D eigenvalue weighted by Gasteiger charge is 2.44. The van der Waals surface area contributed by atoms with Crippen molar-refractivity contribution in [3.63, 3.8) is 0 Å². The first-order chi connectivity index (χ1) is 9.04. The minimum atomic E-state index is -1.31. The highest BCUT2D eigenvalue weighted by molar-refractivity contribution is 5.23. The second-order valence-corrected chi connectivity index (χ2v) is 4.09. The first kappa shape index (κ1) is 13.9. The molecule has 0 saturated carbocycles. The van der Waals surface area contributed by atoms with Gasteiger partial charge in [0.15, 0.2) is 6.23 Å². The fraction of sp³-hybridized carbons (Fsp3) is 0.600. The molecule has 106 valence electrons. The molecule has 4 atom stereocenters. The molecule has 1 aromatic rings. The number of ether oxygens (including phenoxy) is 2. The van der Waals surface area contributed by atoms with E-state index in [9.17, 15) is 15.0 Å². The van der Waals surface area contributed by atoms with E-state index in [2.05, 4.69) is 4.98 Å². The van der Waals surface area contributed by atoms with E-state index >= 15 is 0 Å². The molecule has 1 fully saturated rings. The molecule has 0 bridgehead atoms. The van der Waals surface area contributed by atoms with Crippen molar-refractivity contribution in [3.8, 4) is 0 Å². The number of hydrogen-bond acceptors (Lipinski definition) is 8. The van der Waals surface area contributed by atoms with E-state index < -0.39 is 37.0 Å². The molecule has 1 aliphatic rings. The van der Waals surface area contributed by atoms with Crippen LogP contribution in [0.4, 0.5) is 5.82 Å². The SMILES string of the molecule is Nc1ccn([C@@H]2O[C@H](COCO)[C@@H](O)[C@H]2O)c(=O)n1. The average molecular weight is 273 g/mol. The van der Waals surface area contributed by atoms with Gasteiger partial charge in [0.25, 0.3) is 0 Å². The van der Waals surface area contributed by atoms with Crippen molar-refractivity contribution in [2.24, 2.45) is 0 Å². The molecule has 5 N–H and O–H groups in total. The monoisotopic (exact) mass is 273 g/mol. The van der Waals surface area contributed by atoms with Crippen molar-refractivity contribution in [1.82, 2.24) is 9.55 Å². The second-order valence-electron chi connectivity index (χ2n) is 4.09. The number of nitrogens with two attached hydrogens (primary N) is 1. The van der Waals surface area contributed by atoms with Crippen LogP contribution < -0.4 is 11.4 Å². The van der Waals surface area contributed by atoms with Gasteiger partial charge in [0, 0.05) is 6.20 Å². The standard InChI is InChI=1S/C10H15N3O6/c11-6-1-2-13(10(17)12-6)9-8(16)7(15)5(19-9)3-18-4-14/h1-2,5,7-9,14-16H,3-4H2,(H2,11,12,17)/t5-,7-,8-,9-/m1/s1. The van der Waals surface area contributed by atoms with Gasteiger partial charge in [-0.2, -0.15) is 4.98 Å². The highest BCUT2D eigenvalue weighted by Crippen LogP contribution is 2.28. The Morgan fingerprint density at radius 3 is 2.84 bits per heavy atom. The zero-order chi connectivity index (χ0) is 14.0. The summed E-state index contributed by atoms with van der Waals surface area (Å²) in [4.78, 5) is 15.1. The van der Waals surface area contributed by atoms with E-state index in [4.69, 9.17) is 20.3 Å². The molecule has 0 unspecified atom stereocenters. The zero-order valence-corrected chi connectivity index (χ0v) is 9.92. The molecular weight excluding hydrogens is 258 g/mol. The van der Waals surface area contributed by atoms with E-state index in [-0.39, 0.29) is 12.4 Å². The van der Waals surface area contributed by atoms with Crippen LogP contribution in [0, 0.1) is 0 Å². The van der Waals surface area contributed by atoms with Crippen molar-refractivity contribution in [3.05, 3.63) is 22.7 Å². The Bertz CT molecular complexity index is 492. The predicted octanol–water partition coefficient (Wildman–Crippen LogP) is -2.59. The van der Waals surface area contributed by atoms with Gasteiger partial charge in [-0.3, -0.25) is 4.57 Å². The van der Waals surface area contributed by atoms with Crippen molar-refractivity contribution in [2.45, 2.75) is 24.5 Å². The third kappa shape index (κ3) is 2.74. The summed E-state index contributed by atoms with van der Waals surface area (Å²) in [6.07, 6.45) is -3.16. The topological polar surface area (TPSA) is 140 Å². The molecule has 1 saturated heterocycles. The fourth-order valence-corrected chi connectivity index (χ4v) is 1.89. The van der Waals surface area contributed by atoms with E-state index in [1.807, 2.05) is 0 Å². The van der Waals surface area contributed by atoms with Crippen LogP contribution in [0.3, 0.4) is 0 Å². The summed E-state index contributed by atoms with van der Waals surface area (Å²) in [6, 6.07) is 1.38. The smallest absolute Gasteiger partial charge is 0.351 e. The highest BCUT2D eigenvalue weighted by atomic mass is 16.6. The molecule has 2 heterocycles. The van der Waals surface area contributed by atoms with Gasteiger partial charge in [-0.05, 0) is 6.07 Å². The van der Waals surface area contributed by atoms with Gasteiger partial charge in [0.05, 0.1) is 6.61 Å². The Morgan fingerprint density at radius 2 is 2.21 bits per heavy atom. The number of anilines is 1. The first-order valence-electron chi connectivity index (χ1n) is 5.59. The van der Waals surface area contributed by atoms with Crippen molar-refractivity contribution < 1.29 is 24.8 Å². The van der Waals surface area contributed by atoms with E-state index in [0.29, 0.717) is 0 Å². The summed E-state index contributed by atoms with van der Waals surface area (Å²) in [5.74, 6) is 0.0504. The van der Waals surface area contributed by atoms with Crippen LogP contribution >= 0.6 is 0 Å². The minimum Gasteiger partial charge on any atom is -0.387 e. The van der Waals surface area contributed by atoms with Crippen LogP contribution in [0.15, 0.2) is 17.1 Å². The summed E-state index contributed by atoms with van der Waals surface area (Å²) in [5.41, 5.74) is 4.66. The number of nitrogen functional groups attached to an aromatic ring is 1. The molecule has 9 nitrogen and oxygen atoms in total. The van der Waals surface area contributed by atoms with Crippen LogP contribution in [0.25, 0.3) is 0 Å². The van der Waals surface area contributed by atoms with Gasteiger partial charge in [0.2, 0.25) is 0 Å². The van der Waals surface area contributed by atoms with Crippen LogP contribution in [-0.4, -0.2) is 56.6 Å². The quantitative estimate of drug-likeness (QED) is 0.438. The number of aliphatic hydroxyl groups excluding tert-OH is 3. The Labute approximate surface area is 107 Å². The lowest BCUT2D eigenvalue weighted by Gasteiger charge is -2.16. The van der Waals surface area contributed by atoms with Crippen molar-refractivity contribution >= 4 is 5.82 Å². The lowest BCUT2D eigenvalue weighted by atomic mass is 10.1. The molecule has 0 aromatic carbocycles. The molecule has 9 heteroatoms. The van der Waals surface area contributed by atoms with Crippen LogP contribution in [0.5, 0.6) is 0 Å². The molecular formula is C10H15N3O6. The second kappa shape index (κ2) is 5.63. The normalized spacial score (nSPS) is 30.7. The summed E-state index contributed by atoms with van der Waals surface area (Å²) in [7, 11) is 0. The fourth-order valence-electron chi connectivity index (χ4n) is 1.89. The van der Waals surface area contributed by atoms with Gasteiger partial charge in [0.1, 0.15) is 30.9 Å². The van der Waals surface area contributed by atoms with Crippen LogP contribution in [-0.2, 0) is 9.47 Å². The Morgan fingerprint density at radius 1 is 1.47 bits per heavy atom. The third-order valence-electron chi connectivity index (χ3n) is 2.84. The molecule has 19 heavy (non-hydrogen) atoms. The Hall–Kier alpha value is -1.52. The number of rotatable bonds is 4. The van der Waals surface area contributed by atoms with E-state index in [1.54, 1.807) is 0 Å². The molecule has 1 aliphatic heterocycles. The predicted molar refractivity (Wildman–Crippen MR) is 61.9 cm³/mol.